The van der Waals surface area contributed by atoms with E-state index >= 15 is 0 Å². The average Bonchev–Trinajstić information content (AvgIpc) is 3.62. The molecular formula is C43H53N3O6. The third-order valence-electron chi connectivity index (χ3n) is 12.8. The van der Waals surface area contributed by atoms with E-state index in [0.717, 1.165) is 109 Å². The molecule has 3 aliphatic heterocycles. The van der Waals surface area contributed by atoms with Crippen molar-refractivity contribution in [1.29, 1.82) is 0 Å². The van der Waals surface area contributed by atoms with Crippen molar-refractivity contribution < 1.29 is 28.8 Å². The maximum Gasteiger partial charge on any atom is 0.315 e. The number of amides is 2. The first-order chi connectivity index (χ1) is 25.4. The molecule has 7 aliphatic rings. The van der Waals surface area contributed by atoms with E-state index in [0.29, 0.717) is 19.8 Å². The standard InChI is InChI=1S/C43H53N3O6/c47-28-29-7-9-34(10-8-29)39-22-38(27-46-13-11-43(12-14-46)49-15-16-50-43)51-40(52-39)37-6-2-5-36(21-37)35-4-1-3-30(20-35)26-44-41(48)45-42-23-31-17-32(24-42)19-33(18-31)25-42/h1-10,20-21,31-33,38-40,47H,11-19,22-28H2,(H2,44,45,48)/t31?,32?,33?,38-,39+,40+,42?/m0/s1. The number of carbonyl (C=O) groups is 1. The first-order valence-corrected chi connectivity index (χ1v) is 19.7. The van der Waals surface area contributed by atoms with E-state index in [1.54, 1.807) is 0 Å². The van der Waals surface area contributed by atoms with Gasteiger partial charge in [0.2, 0.25) is 0 Å². The predicted molar refractivity (Wildman–Crippen MR) is 197 cm³/mol. The van der Waals surface area contributed by atoms with Gasteiger partial charge >= 0.3 is 6.03 Å². The molecule has 3 saturated heterocycles. The van der Waals surface area contributed by atoms with Crippen LogP contribution in [0.25, 0.3) is 11.1 Å². The monoisotopic (exact) mass is 707 g/mol. The third kappa shape index (κ3) is 7.41. The molecule has 0 radical (unpaired) electrons. The number of rotatable bonds is 9. The van der Waals surface area contributed by atoms with Gasteiger partial charge in [-0.05, 0) is 96.2 Å². The number of carbonyl (C=O) groups excluding carboxylic acids is 1. The summed E-state index contributed by atoms with van der Waals surface area (Å²) in [7, 11) is 0. The van der Waals surface area contributed by atoms with Crippen molar-refractivity contribution in [3.05, 3.63) is 95.1 Å². The molecule has 4 aliphatic carbocycles. The molecule has 276 valence electrons. The van der Waals surface area contributed by atoms with Crippen LogP contribution in [0.15, 0.2) is 72.8 Å². The molecule has 9 nitrogen and oxygen atoms in total. The van der Waals surface area contributed by atoms with Gasteiger partial charge in [0.15, 0.2) is 12.1 Å². The topological polar surface area (TPSA) is 102 Å². The number of nitrogens with one attached hydrogen (secondary N) is 2. The van der Waals surface area contributed by atoms with E-state index in [4.69, 9.17) is 18.9 Å². The lowest BCUT2D eigenvalue weighted by molar-refractivity contribution is -0.255. The van der Waals surface area contributed by atoms with Crippen molar-refractivity contribution in [2.24, 2.45) is 17.8 Å². The van der Waals surface area contributed by atoms with Crippen LogP contribution < -0.4 is 10.6 Å². The lowest BCUT2D eigenvalue weighted by Crippen LogP contribution is -2.61. The fourth-order valence-corrected chi connectivity index (χ4v) is 10.6. The Labute approximate surface area is 307 Å². The van der Waals surface area contributed by atoms with Crippen LogP contribution in [-0.2, 0) is 32.1 Å². The van der Waals surface area contributed by atoms with Gasteiger partial charge in [0, 0.05) is 56.5 Å². The van der Waals surface area contributed by atoms with Gasteiger partial charge in [-0.15, -0.1) is 0 Å². The minimum atomic E-state index is -0.531. The Morgan fingerprint density at radius 1 is 0.769 bits per heavy atom. The zero-order valence-corrected chi connectivity index (χ0v) is 30.1. The summed E-state index contributed by atoms with van der Waals surface area (Å²) in [6, 6.07) is 24.9. The highest BCUT2D eigenvalue weighted by atomic mass is 16.7. The molecule has 3 aromatic carbocycles. The number of hydrogen-bond acceptors (Lipinski definition) is 7. The van der Waals surface area contributed by atoms with Crippen molar-refractivity contribution in [2.75, 3.05) is 32.8 Å². The Hall–Kier alpha value is -3.31. The van der Waals surface area contributed by atoms with Crippen LogP contribution >= 0.6 is 0 Å². The summed E-state index contributed by atoms with van der Waals surface area (Å²) < 4.78 is 25.4. The second-order valence-electron chi connectivity index (χ2n) is 16.6. The van der Waals surface area contributed by atoms with Crippen LogP contribution in [0, 0.1) is 17.8 Å². The number of ether oxygens (including phenoxy) is 4. The highest BCUT2D eigenvalue weighted by Crippen LogP contribution is 2.55. The number of hydrogen-bond donors (Lipinski definition) is 3. The van der Waals surface area contributed by atoms with Crippen LogP contribution in [0.2, 0.25) is 0 Å². The fourth-order valence-electron chi connectivity index (χ4n) is 10.6. The van der Waals surface area contributed by atoms with E-state index in [2.05, 4.69) is 76.2 Å². The lowest BCUT2D eigenvalue weighted by atomic mass is 9.53. The summed E-state index contributed by atoms with van der Waals surface area (Å²) in [4.78, 5) is 15.6. The summed E-state index contributed by atoms with van der Waals surface area (Å²) in [6.07, 6.45) is 9.32. The molecule has 10 rings (SSSR count). The highest BCUT2D eigenvalue weighted by Gasteiger charge is 2.51. The largest absolute Gasteiger partial charge is 0.392 e. The first kappa shape index (κ1) is 34.5. The van der Waals surface area contributed by atoms with E-state index in [9.17, 15) is 9.90 Å². The Bertz CT molecular complexity index is 1680. The molecule has 3 N–H and O–H groups in total. The number of urea groups is 1. The lowest BCUT2D eigenvalue weighted by Gasteiger charge is -2.56. The summed E-state index contributed by atoms with van der Waals surface area (Å²) in [6.45, 7) is 4.49. The van der Waals surface area contributed by atoms with Crippen molar-refractivity contribution in [2.45, 2.75) is 101 Å². The SMILES string of the molecule is O=C(NCc1cccc(-c2cccc([C@@H]3O[C@H](CN4CCC5(CC4)OCCO5)C[C@H](c4ccc(CO)cc4)O3)c2)c1)NC12CC3CC(CC(C3)C1)C2. The third-order valence-corrected chi connectivity index (χ3v) is 12.8. The van der Waals surface area contributed by atoms with Crippen molar-refractivity contribution in [3.63, 3.8) is 0 Å². The molecule has 9 heteroatoms. The number of aliphatic hydroxyl groups is 1. The normalized spacial score (nSPS) is 32.2. The first-order valence-electron chi connectivity index (χ1n) is 19.7. The van der Waals surface area contributed by atoms with Crippen LogP contribution in [0.3, 0.4) is 0 Å². The van der Waals surface area contributed by atoms with Gasteiger partial charge in [0.05, 0.1) is 32.0 Å². The summed E-state index contributed by atoms with van der Waals surface area (Å²) >= 11 is 0. The van der Waals surface area contributed by atoms with Crippen LogP contribution in [0.5, 0.6) is 0 Å². The van der Waals surface area contributed by atoms with Crippen molar-refractivity contribution >= 4 is 6.03 Å². The van der Waals surface area contributed by atoms with Crippen molar-refractivity contribution in [3.8, 4) is 11.1 Å². The molecule has 2 amide bonds. The molecule has 3 heterocycles. The van der Waals surface area contributed by atoms with Gasteiger partial charge in [0.1, 0.15) is 0 Å². The molecule has 0 unspecified atom stereocenters. The smallest absolute Gasteiger partial charge is 0.315 e. The minimum absolute atomic E-state index is 0.00126. The van der Waals surface area contributed by atoms with Gasteiger partial charge in [0.25, 0.3) is 0 Å². The predicted octanol–water partition coefficient (Wildman–Crippen LogP) is 7.00. The molecule has 4 bridgehead atoms. The molecule has 4 saturated carbocycles. The highest BCUT2D eigenvalue weighted by molar-refractivity contribution is 5.75. The molecule has 7 fully saturated rings. The second-order valence-corrected chi connectivity index (χ2v) is 16.6. The summed E-state index contributed by atoms with van der Waals surface area (Å²) in [5.41, 5.74) is 6.18. The summed E-state index contributed by atoms with van der Waals surface area (Å²) in [5, 5.41) is 16.2. The maximum absolute atomic E-state index is 13.2. The number of nitrogens with zero attached hydrogens (tertiary/aromatic N) is 1. The molecule has 0 aromatic heterocycles. The van der Waals surface area contributed by atoms with Gasteiger partial charge in [-0.3, -0.25) is 0 Å². The Morgan fingerprint density at radius 3 is 2.13 bits per heavy atom. The van der Waals surface area contributed by atoms with Gasteiger partial charge in [-0.1, -0.05) is 60.7 Å². The maximum atomic E-state index is 13.2. The number of likely N-dealkylation sites (tertiary alicyclic amines) is 1. The van der Waals surface area contributed by atoms with Crippen LogP contribution in [0.4, 0.5) is 4.79 Å². The number of aliphatic hydroxyl groups excluding tert-OH is 1. The second kappa shape index (κ2) is 14.5. The zero-order valence-electron chi connectivity index (χ0n) is 30.1. The molecular weight excluding hydrogens is 654 g/mol. The minimum Gasteiger partial charge on any atom is -0.392 e. The fraction of sp³-hybridized carbons (Fsp3) is 0.558. The summed E-state index contributed by atoms with van der Waals surface area (Å²) in [5.74, 6) is 1.98. The molecule has 3 atom stereocenters. The van der Waals surface area contributed by atoms with E-state index < -0.39 is 12.1 Å². The number of benzene rings is 3. The van der Waals surface area contributed by atoms with Gasteiger partial charge < -0.3 is 39.6 Å². The van der Waals surface area contributed by atoms with E-state index in [1.165, 1.54) is 19.3 Å². The molecule has 3 aromatic rings. The van der Waals surface area contributed by atoms with Gasteiger partial charge in [-0.25, -0.2) is 4.79 Å². The molecule has 52 heavy (non-hydrogen) atoms. The van der Waals surface area contributed by atoms with Crippen LogP contribution in [0.1, 0.15) is 92.4 Å². The average molecular weight is 708 g/mol. The van der Waals surface area contributed by atoms with Crippen LogP contribution in [-0.4, -0.2) is 66.3 Å². The van der Waals surface area contributed by atoms with Crippen molar-refractivity contribution in [1.82, 2.24) is 15.5 Å². The number of piperidine rings is 1. The Kier molecular flexibility index (Phi) is 9.60. The quantitative estimate of drug-likeness (QED) is 0.220. The Balaban J connectivity index is 0.875. The van der Waals surface area contributed by atoms with E-state index in [-0.39, 0.29) is 30.4 Å². The zero-order chi connectivity index (χ0) is 35.1. The Morgan fingerprint density at radius 2 is 1.44 bits per heavy atom. The molecule has 1 spiro atoms. The van der Waals surface area contributed by atoms with Gasteiger partial charge in [-0.2, -0.15) is 0 Å². The van der Waals surface area contributed by atoms with E-state index in [1.807, 2.05) is 12.1 Å².